The maximum atomic E-state index is 5.43. The minimum absolute atomic E-state index is 0.0762. The van der Waals surface area contributed by atoms with Crippen LogP contribution in [0.2, 0.25) is 0 Å². The third kappa shape index (κ3) is 3.31. The van der Waals surface area contributed by atoms with Crippen LogP contribution in [0, 0.1) is 0 Å². The van der Waals surface area contributed by atoms with Crippen LogP contribution in [0.4, 0.5) is 0 Å². The standard InChI is InChI=1S/C30H32O/c1-29(2,3)21-10-11-23-20(16-21)17-26-24(23)12-13-27(30(4,5)6)28(26)25-9-7-8-22(25)19-14-15-31-18-19/h7-8,10-16,18H,9,17H2,1-6H3. The van der Waals surface area contributed by atoms with E-state index < -0.39 is 0 Å². The lowest BCUT2D eigenvalue weighted by atomic mass is 9.77. The Morgan fingerprint density at radius 3 is 2.29 bits per heavy atom. The first-order chi connectivity index (χ1) is 14.6. The second-order valence-electron chi connectivity index (χ2n) is 11.1. The average molecular weight is 409 g/mol. The second-order valence-corrected chi connectivity index (χ2v) is 11.1. The van der Waals surface area contributed by atoms with Crippen LogP contribution in [0.15, 0.2) is 65.5 Å². The molecule has 1 nitrogen and oxygen atoms in total. The third-order valence-electron chi connectivity index (χ3n) is 6.82. The fourth-order valence-electron chi connectivity index (χ4n) is 5.14. The highest BCUT2D eigenvalue weighted by molar-refractivity contribution is 6.01. The maximum absolute atomic E-state index is 5.43. The number of allylic oxidation sites excluding steroid dienone is 4. The summed E-state index contributed by atoms with van der Waals surface area (Å²) in [5, 5.41) is 0. The van der Waals surface area contributed by atoms with E-state index in [4.69, 9.17) is 4.42 Å². The van der Waals surface area contributed by atoms with Crippen LogP contribution in [0.25, 0.3) is 22.3 Å². The SMILES string of the molecule is CC(C)(C)c1ccc2c(c1)Cc1c-2ccc(C(C)(C)C)c1C1=C(c2ccoc2)C=CC1. The van der Waals surface area contributed by atoms with E-state index in [9.17, 15) is 0 Å². The Morgan fingerprint density at radius 1 is 0.839 bits per heavy atom. The minimum Gasteiger partial charge on any atom is -0.472 e. The second kappa shape index (κ2) is 6.85. The summed E-state index contributed by atoms with van der Waals surface area (Å²) in [6.45, 7) is 13.9. The molecule has 0 N–H and O–H groups in total. The largest absolute Gasteiger partial charge is 0.472 e. The zero-order chi connectivity index (χ0) is 22.0. The molecule has 0 aliphatic heterocycles. The van der Waals surface area contributed by atoms with Gasteiger partial charge >= 0.3 is 0 Å². The van der Waals surface area contributed by atoms with Gasteiger partial charge < -0.3 is 4.42 Å². The van der Waals surface area contributed by atoms with Gasteiger partial charge in [0.25, 0.3) is 0 Å². The Bertz CT molecular complexity index is 1220. The molecule has 2 aliphatic rings. The predicted molar refractivity (Wildman–Crippen MR) is 131 cm³/mol. The van der Waals surface area contributed by atoms with Gasteiger partial charge in [0.2, 0.25) is 0 Å². The molecule has 2 aliphatic carbocycles. The summed E-state index contributed by atoms with van der Waals surface area (Å²) < 4.78 is 5.43. The number of hydrogen-bond donors (Lipinski definition) is 0. The summed E-state index contributed by atoms with van der Waals surface area (Å²) in [6.07, 6.45) is 10.2. The number of furan rings is 1. The predicted octanol–water partition coefficient (Wildman–Crippen LogP) is 8.32. The van der Waals surface area contributed by atoms with Crippen LogP contribution in [0.5, 0.6) is 0 Å². The van der Waals surface area contributed by atoms with E-state index >= 15 is 0 Å². The minimum atomic E-state index is 0.0762. The normalized spacial score (nSPS) is 15.5. The monoisotopic (exact) mass is 408 g/mol. The first kappa shape index (κ1) is 20.1. The molecule has 5 rings (SSSR count). The summed E-state index contributed by atoms with van der Waals surface area (Å²) in [6, 6.07) is 13.9. The first-order valence-corrected chi connectivity index (χ1v) is 11.4. The highest BCUT2D eigenvalue weighted by Crippen LogP contribution is 2.48. The van der Waals surface area contributed by atoms with E-state index in [0.29, 0.717) is 0 Å². The fraction of sp³-hybridized carbons (Fsp3) is 0.333. The van der Waals surface area contributed by atoms with Gasteiger partial charge in [-0.1, -0.05) is 84.0 Å². The molecule has 0 radical (unpaired) electrons. The number of rotatable bonds is 2. The Hall–Kier alpha value is -2.80. The Morgan fingerprint density at radius 2 is 1.61 bits per heavy atom. The van der Waals surface area contributed by atoms with Gasteiger partial charge in [-0.05, 0) is 79.8 Å². The topological polar surface area (TPSA) is 13.1 Å². The zero-order valence-electron chi connectivity index (χ0n) is 19.6. The van der Waals surface area contributed by atoms with Crippen LogP contribution in [-0.2, 0) is 17.3 Å². The van der Waals surface area contributed by atoms with Gasteiger partial charge in [0.15, 0.2) is 0 Å². The molecule has 3 aromatic rings. The molecule has 0 amide bonds. The molecular weight excluding hydrogens is 376 g/mol. The number of fused-ring (bicyclic) bond motifs is 3. The molecule has 0 saturated carbocycles. The van der Waals surface area contributed by atoms with E-state index in [1.807, 2.05) is 6.26 Å². The van der Waals surface area contributed by atoms with Crippen LogP contribution in [0.1, 0.15) is 81.3 Å². The van der Waals surface area contributed by atoms with Crippen LogP contribution < -0.4 is 0 Å². The third-order valence-corrected chi connectivity index (χ3v) is 6.82. The van der Waals surface area contributed by atoms with E-state index in [2.05, 4.69) is 90.1 Å². The Balaban J connectivity index is 1.74. The Kier molecular flexibility index (Phi) is 4.45. The van der Waals surface area contributed by atoms with Crippen molar-refractivity contribution in [2.24, 2.45) is 0 Å². The zero-order valence-corrected chi connectivity index (χ0v) is 19.6. The molecule has 0 saturated heterocycles. The molecule has 1 heterocycles. The van der Waals surface area contributed by atoms with Crippen molar-refractivity contribution in [3.63, 3.8) is 0 Å². The fourth-order valence-corrected chi connectivity index (χ4v) is 5.14. The van der Waals surface area contributed by atoms with E-state index in [1.54, 1.807) is 6.26 Å². The quantitative estimate of drug-likeness (QED) is 0.325. The van der Waals surface area contributed by atoms with Crippen molar-refractivity contribution in [3.8, 4) is 11.1 Å². The van der Waals surface area contributed by atoms with E-state index in [1.165, 1.54) is 55.7 Å². The van der Waals surface area contributed by atoms with E-state index in [-0.39, 0.29) is 10.8 Å². The summed E-state index contributed by atoms with van der Waals surface area (Å²) in [5.41, 5.74) is 14.2. The van der Waals surface area contributed by atoms with Gasteiger partial charge in [-0.25, -0.2) is 0 Å². The van der Waals surface area contributed by atoms with Crippen LogP contribution >= 0.6 is 0 Å². The van der Waals surface area contributed by atoms with Crippen molar-refractivity contribution < 1.29 is 4.42 Å². The molecule has 0 unspecified atom stereocenters. The van der Waals surface area contributed by atoms with Crippen molar-refractivity contribution in [1.82, 2.24) is 0 Å². The summed E-state index contributed by atoms with van der Waals surface area (Å²) in [4.78, 5) is 0. The molecule has 0 bridgehead atoms. The molecular formula is C30H32O. The van der Waals surface area contributed by atoms with Crippen LogP contribution in [-0.4, -0.2) is 0 Å². The highest BCUT2D eigenvalue weighted by atomic mass is 16.3. The lowest BCUT2D eigenvalue weighted by molar-refractivity contribution is 0.566. The first-order valence-electron chi connectivity index (χ1n) is 11.4. The molecule has 1 aromatic heterocycles. The summed E-state index contributed by atoms with van der Waals surface area (Å²) >= 11 is 0. The van der Waals surface area contributed by atoms with Crippen molar-refractivity contribution in [3.05, 3.63) is 94.5 Å². The van der Waals surface area contributed by atoms with Gasteiger partial charge in [0.1, 0.15) is 0 Å². The lowest BCUT2D eigenvalue weighted by Gasteiger charge is -2.27. The van der Waals surface area contributed by atoms with Crippen molar-refractivity contribution in [1.29, 1.82) is 0 Å². The summed E-state index contributed by atoms with van der Waals surface area (Å²) in [5.74, 6) is 0. The molecule has 0 atom stereocenters. The van der Waals surface area contributed by atoms with Crippen molar-refractivity contribution in [2.45, 2.75) is 65.2 Å². The average Bonchev–Trinajstić information content (AvgIpc) is 3.43. The van der Waals surface area contributed by atoms with Gasteiger partial charge in [0, 0.05) is 5.56 Å². The Labute approximate surface area is 186 Å². The van der Waals surface area contributed by atoms with Crippen LogP contribution in [0.3, 0.4) is 0 Å². The van der Waals surface area contributed by atoms with Gasteiger partial charge in [-0.2, -0.15) is 0 Å². The summed E-state index contributed by atoms with van der Waals surface area (Å²) in [7, 11) is 0. The van der Waals surface area contributed by atoms with Gasteiger partial charge in [-0.15, -0.1) is 0 Å². The van der Waals surface area contributed by atoms with Crippen molar-refractivity contribution >= 4 is 11.1 Å². The smallest absolute Gasteiger partial charge is 0.0981 e. The lowest BCUT2D eigenvalue weighted by Crippen LogP contribution is -2.15. The molecule has 1 heteroatoms. The highest BCUT2D eigenvalue weighted by Gasteiger charge is 2.31. The molecule has 2 aromatic carbocycles. The number of benzene rings is 2. The molecule has 0 spiro atoms. The van der Waals surface area contributed by atoms with Crippen molar-refractivity contribution in [2.75, 3.05) is 0 Å². The van der Waals surface area contributed by atoms with Gasteiger partial charge in [0.05, 0.1) is 12.5 Å². The molecule has 0 fully saturated rings. The molecule has 31 heavy (non-hydrogen) atoms. The van der Waals surface area contributed by atoms with Gasteiger partial charge in [-0.3, -0.25) is 0 Å². The number of hydrogen-bond acceptors (Lipinski definition) is 1. The molecule has 158 valence electrons. The van der Waals surface area contributed by atoms with E-state index in [0.717, 1.165) is 12.8 Å². The maximum Gasteiger partial charge on any atom is 0.0981 e.